The molecule has 0 saturated heterocycles. The van der Waals surface area contributed by atoms with Gasteiger partial charge in [0.2, 0.25) is 0 Å². The van der Waals surface area contributed by atoms with Crippen molar-refractivity contribution in [3.63, 3.8) is 0 Å². The van der Waals surface area contributed by atoms with Gasteiger partial charge in [0.1, 0.15) is 0 Å². The standard InChI is InChI=1S/C17H17BrN2O2S/c1-4-22-16(21)14-11(3)19-17-20(10(2)9-23-17)15(14)12-6-5-7-13(18)8-12/h5-9,15H,4H2,1-3H3/t15-/m1/s1. The van der Waals surface area contributed by atoms with Gasteiger partial charge in [-0.25, -0.2) is 9.79 Å². The molecule has 0 spiro atoms. The minimum atomic E-state index is -0.303. The minimum Gasteiger partial charge on any atom is -0.463 e. The minimum absolute atomic E-state index is 0.217. The highest BCUT2D eigenvalue weighted by Crippen LogP contribution is 2.44. The van der Waals surface area contributed by atoms with E-state index in [1.54, 1.807) is 11.8 Å². The van der Waals surface area contributed by atoms with E-state index < -0.39 is 0 Å². The Hall–Kier alpha value is -1.53. The second-order valence-corrected chi connectivity index (χ2v) is 7.07. The number of thioether (sulfide) groups is 1. The van der Waals surface area contributed by atoms with Crippen LogP contribution in [0.25, 0.3) is 0 Å². The van der Waals surface area contributed by atoms with Gasteiger partial charge in [0.25, 0.3) is 0 Å². The van der Waals surface area contributed by atoms with Gasteiger partial charge in [0.15, 0.2) is 5.17 Å². The third kappa shape index (κ3) is 2.97. The number of allylic oxidation sites excluding steroid dienone is 2. The molecule has 0 N–H and O–H groups in total. The van der Waals surface area contributed by atoms with Gasteiger partial charge in [0.05, 0.1) is 23.9 Å². The molecule has 0 bridgehead atoms. The number of carbonyl (C=O) groups is 1. The Bertz CT molecular complexity index is 755. The summed E-state index contributed by atoms with van der Waals surface area (Å²) in [7, 11) is 0. The fourth-order valence-corrected chi connectivity index (χ4v) is 4.15. The van der Waals surface area contributed by atoms with E-state index in [4.69, 9.17) is 4.74 Å². The fourth-order valence-electron chi connectivity index (χ4n) is 2.79. The number of amidine groups is 1. The van der Waals surface area contributed by atoms with E-state index in [0.717, 1.165) is 26.6 Å². The molecule has 0 saturated carbocycles. The number of aliphatic imine (C=N–C) groups is 1. The second-order valence-electron chi connectivity index (χ2n) is 5.32. The molecule has 0 amide bonds. The van der Waals surface area contributed by atoms with Crippen molar-refractivity contribution in [2.24, 2.45) is 4.99 Å². The monoisotopic (exact) mass is 392 g/mol. The quantitative estimate of drug-likeness (QED) is 0.704. The maximum atomic E-state index is 12.6. The van der Waals surface area contributed by atoms with Crippen LogP contribution in [-0.4, -0.2) is 22.6 Å². The van der Waals surface area contributed by atoms with Crippen molar-refractivity contribution in [1.82, 2.24) is 4.90 Å². The van der Waals surface area contributed by atoms with Crippen molar-refractivity contribution in [3.8, 4) is 0 Å². The summed E-state index contributed by atoms with van der Waals surface area (Å²) in [5, 5.41) is 2.96. The summed E-state index contributed by atoms with van der Waals surface area (Å²) in [6, 6.07) is 7.80. The van der Waals surface area contributed by atoms with Crippen molar-refractivity contribution in [2.75, 3.05) is 6.61 Å². The summed E-state index contributed by atoms with van der Waals surface area (Å²) in [5.74, 6) is -0.303. The highest BCUT2D eigenvalue weighted by atomic mass is 79.9. The first-order chi connectivity index (χ1) is 11.0. The number of esters is 1. The van der Waals surface area contributed by atoms with E-state index in [9.17, 15) is 4.79 Å². The molecule has 0 aromatic heterocycles. The smallest absolute Gasteiger partial charge is 0.338 e. The maximum Gasteiger partial charge on any atom is 0.338 e. The fraction of sp³-hybridized carbons (Fsp3) is 0.294. The summed E-state index contributed by atoms with van der Waals surface area (Å²) in [6.45, 7) is 6.07. The molecule has 1 atom stereocenters. The molecule has 2 aliphatic heterocycles. The predicted molar refractivity (Wildman–Crippen MR) is 96.8 cm³/mol. The number of carbonyl (C=O) groups excluding carboxylic acids is 1. The molecule has 3 rings (SSSR count). The number of hydrogen-bond donors (Lipinski definition) is 0. The summed E-state index contributed by atoms with van der Waals surface area (Å²) in [5.41, 5.74) is 3.43. The molecule has 23 heavy (non-hydrogen) atoms. The number of hydrogen-bond acceptors (Lipinski definition) is 5. The van der Waals surface area contributed by atoms with E-state index >= 15 is 0 Å². The van der Waals surface area contributed by atoms with Crippen LogP contribution in [0.15, 0.2) is 56.1 Å². The van der Waals surface area contributed by atoms with Crippen molar-refractivity contribution >= 4 is 38.8 Å². The van der Waals surface area contributed by atoms with Crippen LogP contribution in [0.5, 0.6) is 0 Å². The first-order valence-corrected chi connectivity index (χ1v) is 9.05. The Labute approximate surface area is 148 Å². The van der Waals surface area contributed by atoms with Gasteiger partial charge in [-0.1, -0.05) is 39.8 Å². The van der Waals surface area contributed by atoms with E-state index in [1.807, 2.05) is 45.0 Å². The number of rotatable bonds is 3. The van der Waals surface area contributed by atoms with Gasteiger partial charge >= 0.3 is 5.97 Å². The molecule has 0 fully saturated rings. The maximum absolute atomic E-state index is 12.6. The van der Waals surface area contributed by atoms with E-state index in [-0.39, 0.29) is 12.0 Å². The second kappa shape index (κ2) is 6.53. The van der Waals surface area contributed by atoms with Crippen molar-refractivity contribution in [3.05, 3.63) is 56.7 Å². The zero-order chi connectivity index (χ0) is 16.6. The largest absolute Gasteiger partial charge is 0.463 e. The number of fused-ring (bicyclic) bond motifs is 1. The lowest BCUT2D eigenvalue weighted by Crippen LogP contribution is -2.36. The van der Waals surface area contributed by atoms with Crippen LogP contribution in [0.1, 0.15) is 32.4 Å². The van der Waals surface area contributed by atoms with Crippen LogP contribution in [-0.2, 0) is 9.53 Å². The lowest BCUT2D eigenvalue weighted by molar-refractivity contribution is -0.139. The van der Waals surface area contributed by atoms with Crippen LogP contribution in [0.2, 0.25) is 0 Å². The highest BCUT2D eigenvalue weighted by molar-refractivity contribution is 9.10. The Morgan fingerprint density at radius 2 is 2.22 bits per heavy atom. The Kier molecular flexibility index (Phi) is 4.64. The molecule has 1 aromatic rings. The SMILES string of the molecule is CCOC(=O)C1=C(C)N=C2SC=C(C)N2[C@@H]1c1cccc(Br)c1. The Morgan fingerprint density at radius 3 is 2.91 bits per heavy atom. The van der Waals surface area contributed by atoms with Gasteiger partial charge in [-0.15, -0.1) is 0 Å². The number of benzene rings is 1. The van der Waals surface area contributed by atoms with Crippen molar-refractivity contribution in [1.29, 1.82) is 0 Å². The molecule has 4 nitrogen and oxygen atoms in total. The summed E-state index contributed by atoms with van der Waals surface area (Å²) >= 11 is 5.10. The van der Waals surface area contributed by atoms with Crippen molar-refractivity contribution < 1.29 is 9.53 Å². The predicted octanol–water partition coefficient (Wildman–Crippen LogP) is 4.61. The molecule has 1 aromatic carbocycles. The van der Waals surface area contributed by atoms with Crippen LogP contribution in [0.3, 0.4) is 0 Å². The van der Waals surface area contributed by atoms with E-state index in [1.165, 1.54) is 0 Å². The first-order valence-electron chi connectivity index (χ1n) is 7.37. The molecule has 0 aliphatic carbocycles. The van der Waals surface area contributed by atoms with Gasteiger partial charge in [-0.05, 0) is 43.9 Å². The zero-order valence-corrected chi connectivity index (χ0v) is 15.6. The highest BCUT2D eigenvalue weighted by Gasteiger charge is 2.39. The van der Waals surface area contributed by atoms with Gasteiger partial charge < -0.3 is 9.64 Å². The molecule has 2 heterocycles. The van der Waals surface area contributed by atoms with Gasteiger partial charge in [-0.2, -0.15) is 0 Å². The summed E-state index contributed by atoms with van der Waals surface area (Å²) < 4.78 is 6.27. The van der Waals surface area contributed by atoms with Crippen LogP contribution >= 0.6 is 27.7 Å². The number of ether oxygens (including phenoxy) is 1. The average molecular weight is 393 g/mol. The third-order valence-corrected chi connectivity index (χ3v) is 5.22. The topological polar surface area (TPSA) is 41.9 Å². The third-order valence-electron chi connectivity index (χ3n) is 3.77. The van der Waals surface area contributed by atoms with E-state index in [0.29, 0.717) is 12.2 Å². The lowest BCUT2D eigenvalue weighted by Gasteiger charge is -2.35. The summed E-state index contributed by atoms with van der Waals surface area (Å²) in [6.07, 6.45) is 0. The van der Waals surface area contributed by atoms with Crippen LogP contribution < -0.4 is 0 Å². The first kappa shape index (κ1) is 16.3. The van der Waals surface area contributed by atoms with Crippen molar-refractivity contribution in [2.45, 2.75) is 26.8 Å². The molecular formula is C17H17BrN2O2S. The number of halogens is 1. The molecule has 0 radical (unpaired) electrons. The molecule has 2 aliphatic rings. The Morgan fingerprint density at radius 1 is 1.43 bits per heavy atom. The molecule has 120 valence electrons. The average Bonchev–Trinajstić information content (AvgIpc) is 2.87. The number of nitrogens with zero attached hydrogens (tertiary/aromatic N) is 2. The molecule has 0 unspecified atom stereocenters. The summed E-state index contributed by atoms with van der Waals surface area (Å²) in [4.78, 5) is 19.3. The Balaban J connectivity index is 2.15. The lowest BCUT2D eigenvalue weighted by atomic mass is 9.94. The van der Waals surface area contributed by atoms with Gasteiger partial charge in [-0.3, -0.25) is 0 Å². The van der Waals surface area contributed by atoms with E-state index in [2.05, 4.69) is 31.2 Å². The van der Waals surface area contributed by atoms with Crippen LogP contribution in [0.4, 0.5) is 0 Å². The molecular weight excluding hydrogens is 376 g/mol. The van der Waals surface area contributed by atoms with Gasteiger partial charge in [0, 0.05) is 10.2 Å². The molecule has 6 heteroatoms. The van der Waals surface area contributed by atoms with Crippen LogP contribution in [0, 0.1) is 0 Å². The zero-order valence-electron chi connectivity index (χ0n) is 13.2. The normalized spacial score (nSPS) is 20.2.